The summed E-state index contributed by atoms with van der Waals surface area (Å²) in [7, 11) is 0. The molecule has 1 fully saturated rings. The lowest BCUT2D eigenvalue weighted by molar-refractivity contribution is 0.0533. The lowest BCUT2D eigenvalue weighted by atomic mass is 10.1. The minimum atomic E-state index is -0.0716. The number of amides is 2. The first-order chi connectivity index (χ1) is 16.2. The number of carbonyl (C=O) groups excluding carboxylic acids is 2. The van der Waals surface area contributed by atoms with E-state index in [1.54, 1.807) is 26.9 Å². The number of thiazole rings is 1. The molecule has 0 aliphatic carbocycles. The lowest BCUT2D eigenvalue weighted by Crippen LogP contribution is -2.50. The van der Waals surface area contributed by atoms with Crippen molar-refractivity contribution >= 4 is 51.7 Å². The monoisotopic (exact) mass is 475 g/mol. The average Bonchev–Trinajstić information content (AvgIpc) is 3.42. The fourth-order valence-electron chi connectivity index (χ4n) is 3.73. The van der Waals surface area contributed by atoms with Crippen molar-refractivity contribution in [1.29, 1.82) is 0 Å². The van der Waals surface area contributed by atoms with E-state index in [0.717, 1.165) is 21.5 Å². The Morgan fingerprint density at radius 2 is 1.61 bits per heavy atom. The zero-order valence-corrected chi connectivity index (χ0v) is 19.3. The van der Waals surface area contributed by atoms with Crippen LogP contribution in [0.1, 0.15) is 20.8 Å². The molecule has 4 aromatic rings. The Bertz CT molecular complexity index is 1260. The van der Waals surface area contributed by atoms with E-state index in [2.05, 4.69) is 14.7 Å². The second kappa shape index (κ2) is 9.60. The number of aromatic nitrogens is 2. The van der Waals surface area contributed by atoms with E-state index in [9.17, 15) is 9.59 Å². The van der Waals surface area contributed by atoms with Crippen LogP contribution in [0.3, 0.4) is 0 Å². The molecule has 33 heavy (non-hydrogen) atoms. The number of rotatable bonds is 5. The summed E-state index contributed by atoms with van der Waals surface area (Å²) in [5.41, 5.74) is 4.62. The van der Waals surface area contributed by atoms with E-state index in [1.807, 2.05) is 54.6 Å². The molecule has 0 atom stereocenters. The first kappa shape index (κ1) is 21.4. The molecule has 7 nitrogen and oxygen atoms in total. The SMILES string of the molecule is O=C(c1ccc(NSc2cccc3cccnc23)cc1)N1CCN(C(=O)c2cscn2)CC1. The van der Waals surface area contributed by atoms with Gasteiger partial charge >= 0.3 is 0 Å². The van der Waals surface area contributed by atoms with Gasteiger partial charge in [0.15, 0.2) is 0 Å². The number of nitrogens with one attached hydrogen (secondary N) is 1. The van der Waals surface area contributed by atoms with E-state index in [-0.39, 0.29) is 11.8 Å². The second-order valence-electron chi connectivity index (χ2n) is 7.57. The third-order valence-electron chi connectivity index (χ3n) is 5.51. The minimum Gasteiger partial charge on any atom is -0.335 e. The van der Waals surface area contributed by atoms with E-state index >= 15 is 0 Å². The molecule has 0 bridgehead atoms. The van der Waals surface area contributed by atoms with Gasteiger partial charge in [0.2, 0.25) is 0 Å². The van der Waals surface area contributed by atoms with Gasteiger partial charge in [0.25, 0.3) is 11.8 Å². The Kier molecular flexibility index (Phi) is 6.23. The van der Waals surface area contributed by atoms with Crippen LogP contribution in [-0.4, -0.2) is 57.8 Å². The summed E-state index contributed by atoms with van der Waals surface area (Å²) in [6.07, 6.45) is 1.79. The molecule has 3 heterocycles. The van der Waals surface area contributed by atoms with Gasteiger partial charge in [0, 0.05) is 54.4 Å². The number of para-hydroxylation sites is 1. The topological polar surface area (TPSA) is 78.4 Å². The summed E-state index contributed by atoms with van der Waals surface area (Å²) in [6.45, 7) is 2.05. The van der Waals surface area contributed by atoms with Gasteiger partial charge in [0.05, 0.1) is 15.9 Å². The molecule has 0 saturated carbocycles. The minimum absolute atomic E-state index is 0.0202. The molecule has 5 rings (SSSR count). The van der Waals surface area contributed by atoms with Crippen molar-refractivity contribution in [2.45, 2.75) is 4.90 Å². The highest BCUT2D eigenvalue weighted by atomic mass is 32.2. The number of nitrogens with zero attached hydrogens (tertiary/aromatic N) is 4. The summed E-state index contributed by atoms with van der Waals surface area (Å²) in [6, 6.07) is 17.5. The number of anilines is 1. The Labute approximate surface area is 199 Å². The zero-order valence-electron chi connectivity index (χ0n) is 17.7. The Balaban J connectivity index is 1.17. The van der Waals surface area contributed by atoms with Gasteiger partial charge in [-0.2, -0.15) is 0 Å². The van der Waals surface area contributed by atoms with Gasteiger partial charge in [-0.25, -0.2) is 4.98 Å². The van der Waals surface area contributed by atoms with Crippen LogP contribution in [0.2, 0.25) is 0 Å². The van der Waals surface area contributed by atoms with Gasteiger partial charge in [-0.05, 0) is 48.3 Å². The van der Waals surface area contributed by atoms with Crippen LogP contribution in [0.15, 0.2) is 76.6 Å². The van der Waals surface area contributed by atoms with E-state index in [1.165, 1.54) is 23.3 Å². The average molecular weight is 476 g/mol. The third kappa shape index (κ3) is 4.69. The molecule has 1 saturated heterocycles. The van der Waals surface area contributed by atoms with Crippen LogP contribution >= 0.6 is 23.3 Å². The summed E-state index contributed by atoms with van der Waals surface area (Å²) in [4.78, 5) is 38.5. The van der Waals surface area contributed by atoms with Gasteiger partial charge < -0.3 is 14.5 Å². The second-order valence-corrected chi connectivity index (χ2v) is 9.14. The van der Waals surface area contributed by atoms with Crippen LogP contribution in [-0.2, 0) is 0 Å². The number of hydrogen-bond acceptors (Lipinski definition) is 7. The number of pyridine rings is 1. The number of fused-ring (bicyclic) bond motifs is 1. The van der Waals surface area contributed by atoms with Gasteiger partial charge in [-0.1, -0.05) is 18.2 Å². The van der Waals surface area contributed by atoms with Crippen LogP contribution in [0.25, 0.3) is 10.9 Å². The van der Waals surface area contributed by atoms with Crippen molar-refractivity contribution < 1.29 is 9.59 Å². The van der Waals surface area contributed by atoms with Crippen LogP contribution in [0.5, 0.6) is 0 Å². The molecule has 9 heteroatoms. The molecule has 1 N–H and O–H groups in total. The highest BCUT2D eigenvalue weighted by Gasteiger charge is 2.26. The summed E-state index contributed by atoms with van der Waals surface area (Å²) in [5, 5.41) is 2.85. The van der Waals surface area contributed by atoms with Crippen LogP contribution in [0, 0.1) is 0 Å². The molecule has 166 valence electrons. The fourth-order valence-corrected chi connectivity index (χ4v) is 5.03. The van der Waals surface area contributed by atoms with Crippen molar-refractivity contribution in [3.8, 4) is 0 Å². The van der Waals surface area contributed by atoms with Crippen molar-refractivity contribution in [2.75, 3.05) is 30.9 Å². The van der Waals surface area contributed by atoms with Crippen molar-refractivity contribution in [3.63, 3.8) is 0 Å². The Morgan fingerprint density at radius 1 is 0.879 bits per heavy atom. The predicted octanol–water partition coefficient (Wildman–Crippen LogP) is 4.41. The number of piperazine rings is 1. The lowest BCUT2D eigenvalue weighted by Gasteiger charge is -2.34. The smallest absolute Gasteiger partial charge is 0.273 e. The molecule has 0 spiro atoms. The quantitative estimate of drug-likeness (QED) is 0.431. The first-order valence-corrected chi connectivity index (χ1v) is 12.3. The van der Waals surface area contributed by atoms with E-state index in [0.29, 0.717) is 37.4 Å². The molecular weight excluding hydrogens is 454 g/mol. The van der Waals surface area contributed by atoms with E-state index < -0.39 is 0 Å². The highest BCUT2D eigenvalue weighted by molar-refractivity contribution is 8.00. The number of carbonyl (C=O) groups is 2. The largest absolute Gasteiger partial charge is 0.335 e. The summed E-state index contributed by atoms with van der Waals surface area (Å²) < 4.78 is 3.33. The maximum atomic E-state index is 12.9. The van der Waals surface area contributed by atoms with Crippen molar-refractivity contribution in [2.24, 2.45) is 0 Å². The normalized spacial score (nSPS) is 13.8. The molecular formula is C24H21N5O2S2. The molecule has 2 amide bonds. The van der Waals surface area contributed by atoms with Crippen LogP contribution in [0.4, 0.5) is 5.69 Å². The Morgan fingerprint density at radius 3 is 2.33 bits per heavy atom. The fraction of sp³-hybridized carbons (Fsp3) is 0.167. The highest BCUT2D eigenvalue weighted by Crippen LogP contribution is 2.27. The van der Waals surface area contributed by atoms with Crippen molar-refractivity contribution in [1.82, 2.24) is 19.8 Å². The molecule has 1 aliphatic rings. The van der Waals surface area contributed by atoms with Gasteiger partial charge in [-0.3, -0.25) is 14.6 Å². The summed E-state index contributed by atoms with van der Waals surface area (Å²) >= 11 is 2.90. The maximum Gasteiger partial charge on any atom is 0.273 e. The molecule has 1 aliphatic heterocycles. The molecule has 0 radical (unpaired) electrons. The predicted molar refractivity (Wildman–Crippen MR) is 132 cm³/mol. The van der Waals surface area contributed by atoms with Gasteiger partial charge in [0.1, 0.15) is 5.69 Å². The summed E-state index contributed by atoms with van der Waals surface area (Å²) in [5.74, 6) is -0.0918. The Hall–Kier alpha value is -3.43. The molecule has 2 aromatic carbocycles. The molecule has 2 aromatic heterocycles. The molecule has 0 unspecified atom stereocenters. The standard InChI is InChI=1S/C24H21N5O2S2/c30-23(28-11-13-29(14-12-28)24(31)20-15-32-16-26-20)18-6-8-19(9-7-18)27-33-21-5-1-3-17-4-2-10-25-22(17)21/h1-10,15-16,27H,11-14H2. The van der Waals surface area contributed by atoms with Crippen molar-refractivity contribution in [3.05, 3.63) is 82.9 Å². The zero-order chi connectivity index (χ0) is 22.6. The maximum absolute atomic E-state index is 12.9. The van der Waals surface area contributed by atoms with Gasteiger partial charge in [-0.15, -0.1) is 11.3 Å². The van der Waals surface area contributed by atoms with E-state index in [4.69, 9.17) is 0 Å². The first-order valence-electron chi connectivity index (χ1n) is 10.5. The third-order valence-corrected chi connectivity index (χ3v) is 6.99. The van der Waals surface area contributed by atoms with Crippen LogP contribution < -0.4 is 4.72 Å². The number of hydrogen-bond donors (Lipinski definition) is 1. The number of benzene rings is 2.